The van der Waals surface area contributed by atoms with Crippen LogP contribution in [0.15, 0.2) is 24.3 Å². The molecule has 0 fully saturated rings. The SMILES string of the molecule is CCCCN(CC)c1cc(C)nc2c1NC(=O)CN2c1ccc(C)cc1C. The molecule has 0 unspecified atom stereocenters. The number of rotatable bonds is 6. The van der Waals surface area contributed by atoms with Gasteiger partial charge in [0.25, 0.3) is 0 Å². The molecule has 144 valence electrons. The number of amides is 1. The molecule has 1 aromatic heterocycles. The molecule has 0 bridgehead atoms. The summed E-state index contributed by atoms with van der Waals surface area (Å²) in [6.07, 6.45) is 2.27. The van der Waals surface area contributed by atoms with Crippen LogP contribution in [0.1, 0.15) is 43.5 Å². The fraction of sp³-hybridized carbons (Fsp3) is 0.455. The number of nitrogens with zero attached hydrogens (tertiary/aromatic N) is 3. The fourth-order valence-electron chi connectivity index (χ4n) is 3.71. The first-order valence-electron chi connectivity index (χ1n) is 9.85. The lowest BCUT2D eigenvalue weighted by Crippen LogP contribution is -2.37. The minimum absolute atomic E-state index is 0.000854. The number of pyridine rings is 1. The number of aromatic nitrogens is 1. The molecule has 0 radical (unpaired) electrons. The fourth-order valence-corrected chi connectivity index (χ4v) is 3.71. The number of hydrogen-bond acceptors (Lipinski definition) is 4. The van der Waals surface area contributed by atoms with Gasteiger partial charge in [0.2, 0.25) is 5.91 Å². The van der Waals surface area contributed by atoms with Crippen molar-refractivity contribution in [2.24, 2.45) is 0 Å². The van der Waals surface area contributed by atoms with E-state index < -0.39 is 0 Å². The number of carbonyl (C=O) groups is 1. The van der Waals surface area contributed by atoms with Gasteiger partial charge in [-0.2, -0.15) is 0 Å². The highest BCUT2D eigenvalue weighted by atomic mass is 16.2. The van der Waals surface area contributed by atoms with Crippen LogP contribution in [-0.4, -0.2) is 30.5 Å². The van der Waals surface area contributed by atoms with E-state index in [1.807, 2.05) is 11.8 Å². The van der Waals surface area contributed by atoms with Crippen LogP contribution in [0.3, 0.4) is 0 Å². The van der Waals surface area contributed by atoms with E-state index in [0.29, 0.717) is 0 Å². The van der Waals surface area contributed by atoms with Crippen molar-refractivity contribution in [3.05, 3.63) is 41.1 Å². The lowest BCUT2D eigenvalue weighted by Gasteiger charge is -2.35. The Bertz CT molecular complexity index is 846. The van der Waals surface area contributed by atoms with Crippen molar-refractivity contribution in [3.63, 3.8) is 0 Å². The molecule has 1 amide bonds. The topological polar surface area (TPSA) is 48.5 Å². The quantitative estimate of drug-likeness (QED) is 0.803. The van der Waals surface area contributed by atoms with Gasteiger partial charge >= 0.3 is 0 Å². The van der Waals surface area contributed by atoms with Crippen LogP contribution < -0.4 is 15.1 Å². The van der Waals surface area contributed by atoms with Crippen LogP contribution in [0.4, 0.5) is 22.9 Å². The van der Waals surface area contributed by atoms with Gasteiger partial charge in [-0.05, 0) is 51.8 Å². The molecule has 1 aliphatic heterocycles. The van der Waals surface area contributed by atoms with E-state index in [0.717, 1.165) is 60.1 Å². The van der Waals surface area contributed by atoms with Crippen molar-refractivity contribution in [2.45, 2.75) is 47.5 Å². The number of fused-ring (bicyclic) bond motifs is 1. The zero-order chi connectivity index (χ0) is 19.6. The van der Waals surface area contributed by atoms with Gasteiger partial charge in [0, 0.05) is 24.5 Å². The van der Waals surface area contributed by atoms with Gasteiger partial charge in [0.05, 0.1) is 5.69 Å². The Labute approximate surface area is 162 Å². The normalized spacial score (nSPS) is 13.4. The lowest BCUT2D eigenvalue weighted by atomic mass is 10.1. The molecule has 2 heterocycles. The molecule has 27 heavy (non-hydrogen) atoms. The second-order valence-electron chi connectivity index (χ2n) is 7.34. The summed E-state index contributed by atoms with van der Waals surface area (Å²) in [4.78, 5) is 21.7. The maximum absolute atomic E-state index is 12.6. The molecule has 0 atom stereocenters. The summed E-state index contributed by atoms with van der Waals surface area (Å²) >= 11 is 0. The number of anilines is 4. The van der Waals surface area contributed by atoms with Gasteiger partial charge in [0.15, 0.2) is 5.82 Å². The minimum Gasteiger partial charge on any atom is -0.370 e. The zero-order valence-electron chi connectivity index (χ0n) is 17.1. The average molecular weight is 367 g/mol. The number of carbonyl (C=O) groups excluding carboxylic acids is 1. The van der Waals surface area contributed by atoms with Crippen LogP contribution in [0, 0.1) is 20.8 Å². The summed E-state index contributed by atoms with van der Waals surface area (Å²) in [5, 5.41) is 3.09. The molecular weight excluding hydrogens is 336 g/mol. The third kappa shape index (κ3) is 3.92. The van der Waals surface area contributed by atoms with E-state index in [1.54, 1.807) is 0 Å². The van der Waals surface area contributed by atoms with E-state index in [1.165, 1.54) is 5.56 Å². The molecule has 1 aliphatic rings. The van der Waals surface area contributed by atoms with E-state index in [9.17, 15) is 4.79 Å². The van der Waals surface area contributed by atoms with Gasteiger partial charge in [-0.15, -0.1) is 0 Å². The van der Waals surface area contributed by atoms with Crippen molar-refractivity contribution in [1.29, 1.82) is 0 Å². The van der Waals surface area contributed by atoms with Crippen LogP contribution in [0.25, 0.3) is 0 Å². The Balaban J connectivity index is 2.12. The molecule has 1 N–H and O–H groups in total. The monoisotopic (exact) mass is 366 g/mol. The van der Waals surface area contributed by atoms with Crippen LogP contribution in [0.5, 0.6) is 0 Å². The van der Waals surface area contributed by atoms with Gasteiger partial charge < -0.3 is 15.1 Å². The Hall–Kier alpha value is -2.56. The van der Waals surface area contributed by atoms with E-state index >= 15 is 0 Å². The molecule has 5 nitrogen and oxygen atoms in total. The number of benzene rings is 1. The second kappa shape index (κ2) is 7.99. The summed E-state index contributed by atoms with van der Waals surface area (Å²) in [7, 11) is 0. The molecule has 0 saturated carbocycles. The van der Waals surface area contributed by atoms with Gasteiger partial charge in [-0.1, -0.05) is 31.0 Å². The van der Waals surface area contributed by atoms with Gasteiger partial charge in [0.1, 0.15) is 12.2 Å². The largest absolute Gasteiger partial charge is 0.370 e. The molecule has 1 aromatic carbocycles. The molecule has 3 rings (SSSR count). The standard InChI is InChI=1S/C22H30N4O/c1-6-8-11-25(7-2)19-13-17(5)23-22-21(19)24-20(27)14-26(22)18-10-9-15(3)12-16(18)4/h9-10,12-13H,6-8,11,14H2,1-5H3,(H,24,27). The molecule has 0 spiro atoms. The van der Waals surface area contributed by atoms with Gasteiger partial charge in [-0.25, -0.2) is 4.98 Å². The van der Waals surface area contributed by atoms with E-state index in [2.05, 4.69) is 62.2 Å². The number of hydrogen-bond donors (Lipinski definition) is 1. The Kier molecular flexibility index (Phi) is 5.68. The second-order valence-corrected chi connectivity index (χ2v) is 7.34. The highest BCUT2D eigenvalue weighted by Gasteiger charge is 2.29. The van der Waals surface area contributed by atoms with Crippen molar-refractivity contribution in [3.8, 4) is 0 Å². The predicted molar refractivity (Wildman–Crippen MR) is 113 cm³/mol. The average Bonchev–Trinajstić information content (AvgIpc) is 2.62. The summed E-state index contributed by atoms with van der Waals surface area (Å²) in [6.45, 7) is 12.7. The third-order valence-corrected chi connectivity index (χ3v) is 5.08. The number of nitrogens with one attached hydrogen (secondary N) is 1. The third-order valence-electron chi connectivity index (χ3n) is 5.08. The van der Waals surface area contributed by atoms with Crippen molar-refractivity contribution < 1.29 is 4.79 Å². The maximum atomic E-state index is 12.6. The zero-order valence-corrected chi connectivity index (χ0v) is 17.1. The van der Waals surface area contributed by atoms with Crippen molar-refractivity contribution in [2.75, 3.05) is 34.8 Å². The van der Waals surface area contributed by atoms with Crippen molar-refractivity contribution >= 4 is 28.8 Å². The van der Waals surface area contributed by atoms with Crippen LogP contribution >= 0.6 is 0 Å². The van der Waals surface area contributed by atoms with Crippen LogP contribution in [0.2, 0.25) is 0 Å². The summed E-state index contributed by atoms with van der Waals surface area (Å²) < 4.78 is 0. The van der Waals surface area contributed by atoms with E-state index in [4.69, 9.17) is 4.98 Å². The molecule has 0 aliphatic carbocycles. The predicted octanol–water partition coefficient (Wildman–Crippen LogP) is 4.72. The lowest BCUT2D eigenvalue weighted by molar-refractivity contribution is -0.115. The maximum Gasteiger partial charge on any atom is 0.244 e. The summed E-state index contributed by atoms with van der Waals surface area (Å²) in [6, 6.07) is 8.41. The Morgan fingerprint density at radius 1 is 1.19 bits per heavy atom. The molecule has 0 saturated heterocycles. The Morgan fingerprint density at radius 2 is 1.96 bits per heavy atom. The van der Waals surface area contributed by atoms with Crippen LogP contribution in [-0.2, 0) is 4.79 Å². The first-order valence-corrected chi connectivity index (χ1v) is 9.85. The Morgan fingerprint density at radius 3 is 2.63 bits per heavy atom. The molecular formula is C22H30N4O. The summed E-state index contributed by atoms with van der Waals surface area (Å²) in [5.41, 5.74) is 6.26. The first kappa shape index (κ1) is 19.2. The highest BCUT2D eigenvalue weighted by Crippen LogP contribution is 2.41. The van der Waals surface area contributed by atoms with E-state index in [-0.39, 0.29) is 12.5 Å². The highest BCUT2D eigenvalue weighted by molar-refractivity contribution is 6.06. The first-order chi connectivity index (χ1) is 12.9. The number of unbranched alkanes of at least 4 members (excludes halogenated alkanes) is 1. The smallest absolute Gasteiger partial charge is 0.244 e. The molecule has 2 aromatic rings. The number of aryl methyl sites for hydroxylation is 3. The summed E-state index contributed by atoms with van der Waals surface area (Å²) in [5.74, 6) is 0.840. The van der Waals surface area contributed by atoms with Gasteiger partial charge in [-0.3, -0.25) is 4.79 Å². The molecule has 5 heteroatoms. The minimum atomic E-state index is 0.000854. The van der Waals surface area contributed by atoms with Crippen molar-refractivity contribution in [1.82, 2.24) is 4.98 Å².